The summed E-state index contributed by atoms with van der Waals surface area (Å²) in [7, 11) is 1.64. The van der Waals surface area contributed by atoms with Crippen molar-refractivity contribution in [3.05, 3.63) is 23.8 Å². The molecule has 0 saturated carbocycles. The smallest absolute Gasteiger partial charge is 0.335 e. The van der Waals surface area contributed by atoms with E-state index in [4.69, 9.17) is 15.6 Å². The number of nitrogen functional groups attached to an aromatic ring is 1. The number of ether oxygens (including phenoxy) is 1. The summed E-state index contributed by atoms with van der Waals surface area (Å²) in [4.78, 5) is 10.7. The third-order valence-electron chi connectivity index (χ3n) is 2.52. The molecule has 0 aromatic heterocycles. The summed E-state index contributed by atoms with van der Waals surface area (Å²) in [6.45, 7) is 2.62. The number of nitrogens with two attached hydrogens (primary N) is 1. The standard InChI is InChI=1S/C12H18N2O3/c1-3-9(7-17-2)14-11-5-4-8(12(15)16)6-10(11)13/h4-6,9,14H,3,7,13H2,1-2H3,(H,15,16). The molecular formula is C12H18N2O3. The summed E-state index contributed by atoms with van der Waals surface area (Å²) in [6.07, 6.45) is 0.897. The first-order valence-corrected chi connectivity index (χ1v) is 5.46. The van der Waals surface area contributed by atoms with Crippen molar-refractivity contribution in [2.75, 3.05) is 24.8 Å². The van der Waals surface area contributed by atoms with E-state index >= 15 is 0 Å². The number of aromatic carboxylic acids is 1. The van der Waals surface area contributed by atoms with Crippen LogP contribution in [0.15, 0.2) is 18.2 Å². The van der Waals surface area contributed by atoms with Gasteiger partial charge in [-0.05, 0) is 24.6 Å². The molecule has 0 aliphatic heterocycles. The molecule has 1 atom stereocenters. The topological polar surface area (TPSA) is 84.6 Å². The monoisotopic (exact) mass is 238 g/mol. The first-order chi connectivity index (χ1) is 8.08. The molecule has 0 radical (unpaired) electrons. The van der Waals surface area contributed by atoms with Crippen molar-refractivity contribution in [1.82, 2.24) is 0 Å². The van der Waals surface area contributed by atoms with Gasteiger partial charge in [-0.15, -0.1) is 0 Å². The maximum Gasteiger partial charge on any atom is 0.335 e. The van der Waals surface area contributed by atoms with Gasteiger partial charge in [0.2, 0.25) is 0 Å². The van der Waals surface area contributed by atoms with Crippen molar-refractivity contribution in [3.63, 3.8) is 0 Å². The molecule has 0 aliphatic rings. The van der Waals surface area contributed by atoms with Gasteiger partial charge in [0.25, 0.3) is 0 Å². The summed E-state index contributed by atoms with van der Waals surface area (Å²) in [5, 5.41) is 12.0. The van der Waals surface area contributed by atoms with Crippen LogP contribution in [0.2, 0.25) is 0 Å². The van der Waals surface area contributed by atoms with Crippen LogP contribution in [-0.2, 0) is 4.74 Å². The van der Waals surface area contributed by atoms with Crippen molar-refractivity contribution in [2.45, 2.75) is 19.4 Å². The summed E-state index contributed by atoms with van der Waals surface area (Å²) < 4.78 is 5.07. The highest BCUT2D eigenvalue weighted by Crippen LogP contribution is 2.21. The van der Waals surface area contributed by atoms with E-state index in [-0.39, 0.29) is 11.6 Å². The highest BCUT2D eigenvalue weighted by Gasteiger charge is 2.10. The average molecular weight is 238 g/mol. The molecule has 94 valence electrons. The SMILES string of the molecule is CCC(COC)Nc1ccc(C(=O)O)cc1N. The highest BCUT2D eigenvalue weighted by molar-refractivity contribution is 5.90. The Kier molecular flexibility index (Phi) is 4.78. The molecule has 5 nitrogen and oxygen atoms in total. The quantitative estimate of drug-likeness (QED) is 0.658. The molecule has 17 heavy (non-hydrogen) atoms. The number of hydrogen-bond donors (Lipinski definition) is 3. The minimum atomic E-state index is -0.979. The van der Waals surface area contributed by atoms with Crippen LogP contribution in [0.5, 0.6) is 0 Å². The first-order valence-electron chi connectivity index (χ1n) is 5.46. The fourth-order valence-corrected chi connectivity index (χ4v) is 1.51. The molecule has 1 aromatic rings. The highest BCUT2D eigenvalue weighted by atomic mass is 16.5. The van der Waals surface area contributed by atoms with Crippen LogP contribution in [0.25, 0.3) is 0 Å². The van der Waals surface area contributed by atoms with E-state index in [1.165, 1.54) is 12.1 Å². The maximum absolute atomic E-state index is 10.7. The van der Waals surface area contributed by atoms with E-state index in [0.29, 0.717) is 12.3 Å². The number of nitrogens with one attached hydrogen (secondary N) is 1. The fraction of sp³-hybridized carbons (Fsp3) is 0.417. The largest absolute Gasteiger partial charge is 0.478 e. The van der Waals surface area contributed by atoms with Gasteiger partial charge in [0.15, 0.2) is 0 Å². The predicted octanol–water partition coefficient (Wildman–Crippen LogP) is 1.80. The van der Waals surface area contributed by atoms with E-state index in [9.17, 15) is 4.79 Å². The van der Waals surface area contributed by atoms with Gasteiger partial charge in [-0.2, -0.15) is 0 Å². The second-order valence-electron chi connectivity index (χ2n) is 3.81. The van der Waals surface area contributed by atoms with E-state index in [0.717, 1.165) is 12.1 Å². The Hall–Kier alpha value is -1.75. The number of benzene rings is 1. The van der Waals surface area contributed by atoms with Gasteiger partial charge in [0, 0.05) is 13.2 Å². The van der Waals surface area contributed by atoms with Crippen LogP contribution < -0.4 is 11.1 Å². The molecule has 4 N–H and O–H groups in total. The van der Waals surface area contributed by atoms with Crippen LogP contribution >= 0.6 is 0 Å². The lowest BCUT2D eigenvalue weighted by Gasteiger charge is -2.18. The Labute approximate surface area is 101 Å². The molecule has 1 unspecified atom stereocenters. The minimum Gasteiger partial charge on any atom is -0.478 e. The lowest BCUT2D eigenvalue weighted by Crippen LogP contribution is -2.24. The molecule has 0 fully saturated rings. The van der Waals surface area contributed by atoms with Gasteiger partial charge < -0.3 is 20.9 Å². The molecule has 1 rings (SSSR count). The Morgan fingerprint density at radius 2 is 2.29 bits per heavy atom. The lowest BCUT2D eigenvalue weighted by atomic mass is 10.1. The number of hydrogen-bond acceptors (Lipinski definition) is 4. The van der Waals surface area contributed by atoms with Crippen molar-refractivity contribution < 1.29 is 14.6 Å². The lowest BCUT2D eigenvalue weighted by molar-refractivity contribution is 0.0697. The third kappa shape index (κ3) is 3.64. The number of rotatable bonds is 6. The van der Waals surface area contributed by atoms with Crippen LogP contribution in [0, 0.1) is 0 Å². The molecular weight excluding hydrogens is 220 g/mol. The van der Waals surface area contributed by atoms with Crippen LogP contribution in [-0.4, -0.2) is 30.8 Å². The Morgan fingerprint density at radius 3 is 2.76 bits per heavy atom. The Balaban J connectivity index is 2.81. The summed E-state index contributed by atoms with van der Waals surface area (Å²) in [6, 6.07) is 4.82. The van der Waals surface area contributed by atoms with Crippen molar-refractivity contribution in [1.29, 1.82) is 0 Å². The average Bonchev–Trinajstić information content (AvgIpc) is 2.30. The Bertz CT molecular complexity index is 393. The fourth-order valence-electron chi connectivity index (χ4n) is 1.51. The van der Waals surface area contributed by atoms with Gasteiger partial charge in [-0.1, -0.05) is 6.92 Å². The number of methoxy groups -OCH3 is 1. The van der Waals surface area contributed by atoms with Crippen LogP contribution in [0.3, 0.4) is 0 Å². The zero-order valence-electron chi connectivity index (χ0n) is 10.1. The van der Waals surface area contributed by atoms with Crippen molar-refractivity contribution in [3.8, 4) is 0 Å². The molecule has 0 bridgehead atoms. The molecule has 1 aromatic carbocycles. The van der Waals surface area contributed by atoms with Crippen molar-refractivity contribution in [2.24, 2.45) is 0 Å². The number of anilines is 2. The number of carboxylic acid groups (broad SMARTS) is 1. The van der Waals surface area contributed by atoms with Gasteiger partial charge >= 0.3 is 5.97 Å². The molecule has 0 aliphatic carbocycles. The van der Waals surface area contributed by atoms with E-state index in [2.05, 4.69) is 5.32 Å². The Morgan fingerprint density at radius 1 is 1.59 bits per heavy atom. The first kappa shape index (κ1) is 13.3. The third-order valence-corrected chi connectivity index (χ3v) is 2.52. The summed E-state index contributed by atoms with van der Waals surface area (Å²) in [5.41, 5.74) is 7.14. The number of carboxylic acids is 1. The van der Waals surface area contributed by atoms with E-state index in [1.54, 1.807) is 13.2 Å². The number of carbonyl (C=O) groups is 1. The zero-order chi connectivity index (χ0) is 12.8. The van der Waals surface area contributed by atoms with Gasteiger partial charge in [-0.25, -0.2) is 4.79 Å². The summed E-state index contributed by atoms with van der Waals surface area (Å²) in [5.74, 6) is -0.979. The van der Waals surface area contributed by atoms with Crippen LogP contribution in [0.4, 0.5) is 11.4 Å². The maximum atomic E-state index is 10.7. The molecule has 0 heterocycles. The predicted molar refractivity (Wildman–Crippen MR) is 67.4 cm³/mol. The zero-order valence-corrected chi connectivity index (χ0v) is 10.1. The van der Waals surface area contributed by atoms with E-state index < -0.39 is 5.97 Å². The molecule has 5 heteroatoms. The molecule has 0 spiro atoms. The van der Waals surface area contributed by atoms with Crippen LogP contribution in [0.1, 0.15) is 23.7 Å². The van der Waals surface area contributed by atoms with Gasteiger partial charge in [-0.3, -0.25) is 0 Å². The summed E-state index contributed by atoms with van der Waals surface area (Å²) >= 11 is 0. The normalized spacial score (nSPS) is 12.1. The van der Waals surface area contributed by atoms with Crippen molar-refractivity contribution >= 4 is 17.3 Å². The van der Waals surface area contributed by atoms with Gasteiger partial charge in [0.1, 0.15) is 0 Å². The second kappa shape index (κ2) is 6.10. The van der Waals surface area contributed by atoms with Gasteiger partial charge in [0.05, 0.1) is 23.5 Å². The minimum absolute atomic E-state index is 0.165. The second-order valence-corrected chi connectivity index (χ2v) is 3.81. The molecule has 0 saturated heterocycles. The molecule has 0 amide bonds. The van der Waals surface area contributed by atoms with E-state index in [1.807, 2.05) is 6.92 Å².